The Hall–Kier alpha value is -2.53. The maximum absolute atomic E-state index is 11.1. The molecule has 102 valence electrons. The Morgan fingerprint density at radius 2 is 1.85 bits per heavy atom. The quantitative estimate of drug-likeness (QED) is 0.514. The molecule has 2 N–H and O–H groups in total. The van der Waals surface area contributed by atoms with E-state index in [-0.39, 0.29) is 11.3 Å². The zero-order valence-corrected chi connectivity index (χ0v) is 10.7. The standard InChI is InChI=1S/C15H14N2O3/c16-14(9-11-5-2-1-3-6-11)13-8-4-7-12(10-18)15(13)17(19)20/h1-8,10,14H,9,16H2. The van der Waals surface area contributed by atoms with Crippen LogP contribution >= 0.6 is 0 Å². The second-order valence-electron chi connectivity index (χ2n) is 4.46. The molecular formula is C15H14N2O3. The van der Waals surface area contributed by atoms with Crippen LogP contribution in [0.5, 0.6) is 0 Å². The SMILES string of the molecule is NC(Cc1ccccc1)c1cccc(C=O)c1[N+](=O)[O-]. The molecule has 2 aromatic rings. The van der Waals surface area contributed by atoms with E-state index in [9.17, 15) is 14.9 Å². The van der Waals surface area contributed by atoms with Gasteiger partial charge in [-0.2, -0.15) is 0 Å². The first-order chi connectivity index (χ1) is 9.63. The number of benzene rings is 2. The van der Waals surface area contributed by atoms with E-state index in [1.807, 2.05) is 30.3 Å². The van der Waals surface area contributed by atoms with E-state index < -0.39 is 11.0 Å². The van der Waals surface area contributed by atoms with E-state index in [4.69, 9.17) is 5.73 Å². The van der Waals surface area contributed by atoms with Gasteiger partial charge < -0.3 is 5.73 Å². The van der Waals surface area contributed by atoms with Crippen molar-refractivity contribution in [1.29, 1.82) is 0 Å². The molecule has 0 heterocycles. The summed E-state index contributed by atoms with van der Waals surface area (Å²) >= 11 is 0. The smallest absolute Gasteiger partial charge is 0.284 e. The van der Waals surface area contributed by atoms with Crippen LogP contribution in [0.25, 0.3) is 0 Å². The van der Waals surface area contributed by atoms with Gasteiger partial charge >= 0.3 is 0 Å². The molecule has 2 rings (SSSR count). The molecule has 2 aromatic carbocycles. The van der Waals surface area contributed by atoms with Gasteiger partial charge in [-0.25, -0.2) is 0 Å². The van der Waals surface area contributed by atoms with Crippen LogP contribution in [0, 0.1) is 10.1 Å². The molecule has 0 spiro atoms. The first-order valence-electron chi connectivity index (χ1n) is 6.15. The van der Waals surface area contributed by atoms with Gasteiger partial charge in [-0.1, -0.05) is 42.5 Å². The van der Waals surface area contributed by atoms with Gasteiger partial charge in [-0.3, -0.25) is 14.9 Å². The topological polar surface area (TPSA) is 86.2 Å². The Kier molecular flexibility index (Phi) is 4.22. The van der Waals surface area contributed by atoms with Crippen molar-refractivity contribution in [3.63, 3.8) is 0 Å². The molecule has 0 amide bonds. The number of nitrogens with two attached hydrogens (primary N) is 1. The highest BCUT2D eigenvalue weighted by Crippen LogP contribution is 2.28. The predicted octanol–water partition coefficient (Wildman–Crippen LogP) is 2.65. The highest BCUT2D eigenvalue weighted by atomic mass is 16.6. The first kappa shape index (κ1) is 13.9. The molecule has 5 heteroatoms. The molecule has 0 aliphatic carbocycles. The van der Waals surface area contributed by atoms with E-state index >= 15 is 0 Å². The van der Waals surface area contributed by atoms with Crippen LogP contribution in [-0.2, 0) is 6.42 Å². The Morgan fingerprint density at radius 3 is 2.45 bits per heavy atom. The van der Waals surface area contributed by atoms with Crippen LogP contribution in [0.2, 0.25) is 0 Å². The van der Waals surface area contributed by atoms with Gasteiger partial charge in [0.25, 0.3) is 5.69 Å². The molecule has 0 saturated heterocycles. The number of nitro benzene ring substituents is 1. The third-order valence-corrected chi connectivity index (χ3v) is 3.11. The van der Waals surface area contributed by atoms with E-state index in [1.54, 1.807) is 12.1 Å². The van der Waals surface area contributed by atoms with E-state index in [0.717, 1.165) is 5.56 Å². The lowest BCUT2D eigenvalue weighted by Gasteiger charge is -2.13. The second-order valence-corrected chi connectivity index (χ2v) is 4.46. The summed E-state index contributed by atoms with van der Waals surface area (Å²) in [5, 5.41) is 11.1. The van der Waals surface area contributed by atoms with E-state index in [2.05, 4.69) is 0 Å². The summed E-state index contributed by atoms with van der Waals surface area (Å²) in [7, 11) is 0. The van der Waals surface area contributed by atoms with Crippen molar-refractivity contribution in [2.24, 2.45) is 5.73 Å². The lowest BCUT2D eigenvalue weighted by Crippen LogP contribution is -2.16. The van der Waals surface area contributed by atoms with Crippen LogP contribution in [-0.4, -0.2) is 11.2 Å². The second kappa shape index (κ2) is 6.08. The molecule has 0 radical (unpaired) electrons. The summed E-state index contributed by atoms with van der Waals surface area (Å²) in [6.07, 6.45) is 0.959. The van der Waals surface area contributed by atoms with Gasteiger partial charge in [0.2, 0.25) is 0 Å². The third-order valence-electron chi connectivity index (χ3n) is 3.11. The van der Waals surface area contributed by atoms with Crippen LogP contribution < -0.4 is 5.73 Å². The molecule has 0 bridgehead atoms. The van der Waals surface area contributed by atoms with Crippen molar-refractivity contribution in [1.82, 2.24) is 0 Å². The van der Waals surface area contributed by atoms with Gasteiger partial charge in [0.05, 0.1) is 10.5 Å². The fraction of sp³-hybridized carbons (Fsp3) is 0.133. The summed E-state index contributed by atoms with van der Waals surface area (Å²) < 4.78 is 0. The van der Waals surface area contributed by atoms with Crippen molar-refractivity contribution < 1.29 is 9.72 Å². The zero-order valence-electron chi connectivity index (χ0n) is 10.7. The fourth-order valence-electron chi connectivity index (χ4n) is 2.16. The summed E-state index contributed by atoms with van der Waals surface area (Å²) in [5.74, 6) is 0. The highest BCUT2D eigenvalue weighted by molar-refractivity contribution is 5.82. The average Bonchev–Trinajstić information content (AvgIpc) is 2.47. The van der Waals surface area contributed by atoms with Crippen LogP contribution in [0.1, 0.15) is 27.5 Å². The van der Waals surface area contributed by atoms with Crippen molar-refractivity contribution in [2.75, 3.05) is 0 Å². The lowest BCUT2D eigenvalue weighted by molar-refractivity contribution is -0.385. The monoisotopic (exact) mass is 270 g/mol. The normalized spacial score (nSPS) is 11.8. The van der Waals surface area contributed by atoms with Crippen molar-refractivity contribution in [2.45, 2.75) is 12.5 Å². The summed E-state index contributed by atoms with van der Waals surface area (Å²) in [6.45, 7) is 0. The van der Waals surface area contributed by atoms with Gasteiger partial charge in [-0.05, 0) is 18.1 Å². The molecule has 5 nitrogen and oxygen atoms in total. The molecular weight excluding hydrogens is 256 g/mol. The summed E-state index contributed by atoms with van der Waals surface area (Å²) in [4.78, 5) is 21.5. The average molecular weight is 270 g/mol. The molecule has 0 saturated carbocycles. The van der Waals surface area contributed by atoms with Crippen LogP contribution in [0.4, 0.5) is 5.69 Å². The number of carbonyl (C=O) groups excluding carboxylic acids is 1. The molecule has 0 fully saturated rings. The number of carbonyl (C=O) groups is 1. The third kappa shape index (κ3) is 2.89. The van der Waals surface area contributed by atoms with Gasteiger partial charge in [0.1, 0.15) is 0 Å². The Labute approximate surface area is 116 Å². The molecule has 0 aliphatic heterocycles. The zero-order chi connectivity index (χ0) is 14.5. The van der Waals surface area contributed by atoms with Gasteiger partial charge in [0.15, 0.2) is 6.29 Å². The van der Waals surface area contributed by atoms with Gasteiger partial charge in [-0.15, -0.1) is 0 Å². The largest absolute Gasteiger partial charge is 0.323 e. The molecule has 0 aliphatic rings. The molecule has 20 heavy (non-hydrogen) atoms. The number of nitro groups is 1. The Balaban J connectivity index is 2.37. The molecule has 0 aromatic heterocycles. The van der Waals surface area contributed by atoms with Gasteiger partial charge in [0, 0.05) is 11.6 Å². The number of aldehydes is 1. The van der Waals surface area contributed by atoms with E-state index in [1.165, 1.54) is 6.07 Å². The van der Waals surface area contributed by atoms with Crippen molar-refractivity contribution in [3.8, 4) is 0 Å². The predicted molar refractivity (Wildman–Crippen MR) is 75.6 cm³/mol. The summed E-state index contributed by atoms with van der Waals surface area (Å²) in [6, 6.07) is 13.6. The lowest BCUT2D eigenvalue weighted by atomic mass is 9.96. The molecule has 1 unspecified atom stereocenters. The first-order valence-corrected chi connectivity index (χ1v) is 6.15. The molecule has 1 atom stereocenters. The van der Waals surface area contributed by atoms with Crippen molar-refractivity contribution in [3.05, 3.63) is 75.3 Å². The minimum atomic E-state index is -0.552. The number of hydrogen-bond donors (Lipinski definition) is 1. The number of nitrogens with zero attached hydrogens (tertiary/aromatic N) is 1. The maximum Gasteiger partial charge on any atom is 0.284 e. The number of hydrogen-bond acceptors (Lipinski definition) is 4. The maximum atomic E-state index is 11.1. The minimum absolute atomic E-state index is 0.0519. The summed E-state index contributed by atoms with van der Waals surface area (Å²) in [5.41, 5.74) is 7.29. The van der Waals surface area contributed by atoms with E-state index in [0.29, 0.717) is 18.3 Å². The Morgan fingerprint density at radius 1 is 1.15 bits per heavy atom. The van der Waals surface area contributed by atoms with Crippen molar-refractivity contribution >= 4 is 12.0 Å². The fourth-order valence-corrected chi connectivity index (χ4v) is 2.16. The minimum Gasteiger partial charge on any atom is -0.323 e. The van der Waals surface area contributed by atoms with Crippen LogP contribution in [0.15, 0.2) is 48.5 Å². The number of rotatable bonds is 5. The Bertz CT molecular complexity index is 626. The number of para-hydroxylation sites is 1. The highest BCUT2D eigenvalue weighted by Gasteiger charge is 2.23. The van der Waals surface area contributed by atoms with Crippen LogP contribution in [0.3, 0.4) is 0 Å².